The molecule has 1 heterocycles. The number of nitrogens with one attached hydrogen (secondary N) is 1. The van der Waals surface area contributed by atoms with Gasteiger partial charge in [-0.1, -0.05) is 52.9 Å². The monoisotopic (exact) mass is 493 g/mol. The van der Waals surface area contributed by atoms with E-state index in [0.717, 1.165) is 9.90 Å². The van der Waals surface area contributed by atoms with Crippen LogP contribution in [0.1, 0.15) is 36.7 Å². The number of hydrogen-bond donors (Lipinski definition) is 1. The molecule has 0 aliphatic carbocycles. The quantitative estimate of drug-likeness (QED) is 0.261. The van der Waals surface area contributed by atoms with Crippen molar-refractivity contribution >= 4 is 45.7 Å². The van der Waals surface area contributed by atoms with Crippen LogP contribution in [0.4, 0.5) is 5.13 Å². The Morgan fingerprint density at radius 2 is 1.69 bits per heavy atom. The van der Waals surface area contributed by atoms with E-state index in [1.807, 2.05) is 45.0 Å². The maximum absolute atomic E-state index is 12.9. The largest absolute Gasteiger partial charge is 0.490 e. The fraction of sp³-hybridized carbons (Fsp3) is 0.318. The standard InChI is InChI=1S/C22H24ClN3O4S2/c1-4-28-17-11-15(12-18(29-5-2)19(17)30-6-3)20(27)24-21-25-26-22(32-21)31-13-14-9-7-8-10-16(14)23/h7-12H,4-6,13H2,1-3H3,(H,24,25,27). The normalized spacial score (nSPS) is 10.6. The van der Waals surface area contributed by atoms with Gasteiger partial charge in [0.2, 0.25) is 10.9 Å². The Hall–Kier alpha value is -2.49. The van der Waals surface area contributed by atoms with Crippen LogP contribution in [0.2, 0.25) is 5.02 Å². The smallest absolute Gasteiger partial charge is 0.257 e. The Balaban J connectivity index is 1.73. The van der Waals surface area contributed by atoms with E-state index in [-0.39, 0.29) is 5.91 Å². The molecule has 3 rings (SSSR count). The maximum atomic E-state index is 12.9. The highest BCUT2D eigenvalue weighted by molar-refractivity contribution is 8.00. The molecule has 7 nitrogen and oxygen atoms in total. The second kappa shape index (κ2) is 11.9. The van der Waals surface area contributed by atoms with Crippen molar-refractivity contribution in [3.05, 3.63) is 52.5 Å². The van der Waals surface area contributed by atoms with Gasteiger partial charge in [0.25, 0.3) is 5.91 Å². The highest BCUT2D eigenvalue weighted by Crippen LogP contribution is 2.39. The molecule has 1 amide bonds. The Kier molecular flexibility index (Phi) is 9.01. The van der Waals surface area contributed by atoms with E-state index in [1.54, 1.807) is 12.1 Å². The molecule has 0 saturated heterocycles. The lowest BCUT2D eigenvalue weighted by Gasteiger charge is -2.16. The van der Waals surface area contributed by atoms with Crippen molar-refractivity contribution in [2.45, 2.75) is 30.9 Å². The molecular formula is C22H24ClN3O4S2. The van der Waals surface area contributed by atoms with Crippen LogP contribution in [0.25, 0.3) is 0 Å². The van der Waals surface area contributed by atoms with Crippen molar-refractivity contribution in [2.75, 3.05) is 25.1 Å². The number of nitrogens with zero attached hydrogens (tertiary/aromatic N) is 2. The van der Waals surface area contributed by atoms with Crippen LogP contribution >= 0.6 is 34.7 Å². The Bertz CT molecular complexity index is 1030. The second-order valence-electron chi connectivity index (χ2n) is 6.31. The summed E-state index contributed by atoms with van der Waals surface area (Å²) in [6.07, 6.45) is 0. The fourth-order valence-electron chi connectivity index (χ4n) is 2.76. The van der Waals surface area contributed by atoms with Crippen LogP contribution in [0.5, 0.6) is 17.2 Å². The molecule has 1 N–H and O–H groups in total. The van der Waals surface area contributed by atoms with E-state index in [1.165, 1.54) is 23.1 Å². The third kappa shape index (κ3) is 6.27. The number of aromatic nitrogens is 2. The summed E-state index contributed by atoms with van der Waals surface area (Å²) in [6, 6.07) is 10.9. The number of anilines is 1. The lowest BCUT2D eigenvalue weighted by molar-refractivity contribution is 0.102. The van der Waals surface area contributed by atoms with E-state index in [0.29, 0.717) is 58.5 Å². The summed E-state index contributed by atoms with van der Waals surface area (Å²) in [5.41, 5.74) is 1.39. The van der Waals surface area contributed by atoms with Crippen molar-refractivity contribution < 1.29 is 19.0 Å². The van der Waals surface area contributed by atoms with Crippen LogP contribution in [0.15, 0.2) is 40.7 Å². The predicted molar refractivity (Wildman–Crippen MR) is 129 cm³/mol. The molecule has 0 saturated carbocycles. The van der Waals surface area contributed by atoms with Crippen LogP contribution < -0.4 is 19.5 Å². The summed E-state index contributed by atoms with van der Waals surface area (Å²) >= 11 is 9.01. The molecule has 2 aromatic carbocycles. The van der Waals surface area contributed by atoms with Gasteiger partial charge in [0.05, 0.1) is 19.8 Å². The van der Waals surface area contributed by atoms with Gasteiger partial charge >= 0.3 is 0 Å². The number of benzene rings is 2. The summed E-state index contributed by atoms with van der Waals surface area (Å²) in [6.45, 7) is 6.92. The average molecular weight is 494 g/mol. The Morgan fingerprint density at radius 3 is 2.31 bits per heavy atom. The van der Waals surface area contributed by atoms with Gasteiger partial charge in [-0.3, -0.25) is 10.1 Å². The first-order valence-electron chi connectivity index (χ1n) is 10.1. The molecule has 1 aromatic heterocycles. The minimum Gasteiger partial charge on any atom is -0.490 e. The number of amides is 1. The number of carbonyl (C=O) groups excluding carboxylic acids is 1. The highest BCUT2D eigenvalue weighted by atomic mass is 35.5. The van der Waals surface area contributed by atoms with Gasteiger partial charge in [0.1, 0.15) is 0 Å². The molecule has 10 heteroatoms. The molecule has 32 heavy (non-hydrogen) atoms. The van der Waals surface area contributed by atoms with Crippen molar-refractivity contribution in [2.24, 2.45) is 0 Å². The lowest BCUT2D eigenvalue weighted by Crippen LogP contribution is -2.13. The van der Waals surface area contributed by atoms with Gasteiger partial charge in [-0.15, -0.1) is 10.2 Å². The maximum Gasteiger partial charge on any atom is 0.257 e. The molecule has 0 unspecified atom stereocenters. The van der Waals surface area contributed by atoms with Gasteiger partial charge in [0.15, 0.2) is 15.8 Å². The molecule has 0 atom stereocenters. The number of ether oxygens (including phenoxy) is 3. The van der Waals surface area contributed by atoms with Crippen LogP contribution in [-0.2, 0) is 5.75 Å². The zero-order chi connectivity index (χ0) is 22.9. The van der Waals surface area contributed by atoms with E-state index < -0.39 is 0 Å². The van der Waals surface area contributed by atoms with E-state index in [2.05, 4.69) is 15.5 Å². The van der Waals surface area contributed by atoms with Crippen molar-refractivity contribution in [3.63, 3.8) is 0 Å². The molecule has 0 aliphatic heterocycles. The minimum absolute atomic E-state index is 0.339. The number of hydrogen-bond acceptors (Lipinski definition) is 8. The molecule has 3 aromatic rings. The lowest BCUT2D eigenvalue weighted by atomic mass is 10.1. The van der Waals surface area contributed by atoms with Gasteiger partial charge in [-0.25, -0.2) is 0 Å². The average Bonchev–Trinajstić information content (AvgIpc) is 3.22. The molecule has 0 aliphatic rings. The summed E-state index contributed by atoms with van der Waals surface area (Å²) < 4.78 is 17.8. The third-order valence-electron chi connectivity index (χ3n) is 4.11. The number of rotatable bonds is 11. The minimum atomic E-state index is -0.339. The van der Waals surface area contributed by atoms with E-state index in [9.17, 15) is 4.79 Å². The van der Waals surface area contributed by atoms with E-state index >= 15 is 0 Å². The van der Waals surface area contributed by atoms with Crippen LogP contribution in [0, 0.1) is 0 Å². The first-order valence-corrected chi connectivity index (χ1v) is 12.3. The summed E-state index contributed by atoms with van der Waals surface area (Å²) in [7, 11) is 0. The zero-order valence-corrected chi connectivity index (χ0v) is 20.4. The van der Waals surface area contributed by atoms with Crippen LogP contribution in [-0.4, -0.2) is 35.9 Å². The molecular weight excluding hydrogens is 470 g/mol. The summed E-state index contributed by atoms with van der Waals surface area (Å²) in [4.78, 5) is 12.9. The van der Waals surface area contributed by atoms with Crippen molar-refractivity contribution in [3.8, 4) is 17.2 Å². The highest BCUT2D eigenvalue weighted by Gasteiger charge is 2.19. The molecule has 0 radical (unpaired) electrons. The van der Waals surface area contributed by atoms with Gasteiger partial charge in [-0.05, 0) is 44.5 Å². The van der Waals surface area contributed by atoms with Gasteiger partial charge < -0.3 is 14.2 Å². The summed E-state index contributed by atoms with van der Waals surface area (Å²) in [5, 5.41) is 12.1. The third-order valence-corrected chi connectivity index (χ3v) is 6.50. The van der Waals surface area contributed by atoms with Crippen molar-refractivity contribution in [1.82, 2.24) is 10.2 Å². The number of thioether (sulfide) groups is 1. The Labute approximate surface area is 200 Å². The van der Waals surface area contributed by atoms with Gasteiger partial charge in [-0.2, -0.15) is 0 Å². The zero-order valence-electron chi connectivity index (χ0n) is 18.0. The first kappa shape index (κ1) is 24.2. The fourth-order valence-corrected chi connectivity index (χ4v) is 4.80. The van der Waals surface area contributed by atoms with Crippen LogP contribution in [0.3, 0.4) is 0 Å². The number of carbonyl (C=O) groups is 1. The SMILES string of the molecule is CCOc1cc(C(=O)Nc2nnc(SCc3ccccc3Cl)s2)cc(OCC)c1OCC. The molecule has 0 fully saturated rings. The number of halogens is 1. The first-order chi connectivity index (χ1) is 15.5. The predicted octanol–water partition coefficient (Wildman–Crippen LogP) is 5.93. The summed E-state index contributed by atoms with van der Waals surface area (Å²) in [5.74, 6) is 1.73. The molecule has 0 bridgehead atoms. The topological polar surface area (TPSA) is 82.6 Å². The molecule has 0 spiro atoms. The second-order valence-corrected chi connectivity index (χ2v) is 8.92. The van der Waals surface area contributed by atoms with E-state index in [4.69, 9.17) is 25.8 Å². The Morgan fingerprint density at radius 1 is 1.03 bits per heavy atom. The van der Waals surface area contributed by atoms with Gasteiger partial charge in [0, 0.05) is 16.3 Å². The molecule has 170 valence electrons. The van der Waals surface area contributed by atoms with Crippen molar-refractivity contribution in [1.29, 1.82) is 0 Å².